The maximum absolute atomic E-state index is 13.5. The Labute approximate surface area is 117 Å². The number of hydrogen-bond acceptors (Lipinski definition) is 1. The molecule has 3 rings (SSSR count). The Balaban J connectivity index is 2.05. The van der Waals surface area contributed by atoms with Gasteiger partial charge in [0.1, 0.15) is 11.6 Å². The van der Waals surface area contributed by atoms with Crippen LogP contribution >= 0.6 is 0 Å². The van der Waals surface area contributed by atoms with E-state index in [-0.39, 0.29) is 23.6 Å². The van der Waals surface area contributed by atoms with Crippen LogP contribution in [0.5, 0.6) is 0 Å². The lowest BCUT2D eigenvalue weighted by Crippen LogP contribution is -2.17. The van der Waals surface area contributed by atoms with E-state index in [0.29, 0.717) is 0 Å². The predicted molar refractivity (Wildman–Crippen MR) is 75.7 cm³/mol. The number of nitrogens with zero attached hydrogens (tertiary/aromatic N) is 1. The highest BCUT2D eigenvalue weighted by atomic mass is 19.1. The van der Waals surface area contributed by atoms with E-state index in [2.05, 4.69) is 4.90 Å². The average Bonchev–Trinajstić information content (AvgIpc) is 2.78. The van der Waals surface area contributed by atoms with Gasteiger partial charge in [-0.05, 0) is 61.5 Å². The molecular formula is C17H17F2N. The van der Waals surface area contributed by atoms with E-state index in [1.165, 1.54) is 18.2 Å². The minimum atomic E-state index is -0.227. The van der Waals surface area contributed by atoms with Crippen LogP contribution in [-0.4, -0.2) is 19.0 Å². The van der Waals surface area contributed by atoms with Crippen molar-refractivity contribution in [1.29, 1.82) is 0 Å². The van der Waals surface area contributed by atoms with Gasteiger partial charge in [-0.1, -0.05) is 18.2 Å². The standard InChI is InChI=1S/C17H17F2N/c1-20(2)17-10-15(11-3-5-12(18)6-4-11)14-8-7-13(19)9-16(14)17/h3-9,15,17H,10H2,1-2H3/t15-,17-/m0/s1. The highest BCUT2D eigenvalue weighted by Gasteiger charge is 2.33. The highest BCUT2D eigenvalue weighted by Crippen LogP contribution is 2.46. The lowest BCUT2D eigenvalue weighted by Gasteiger charge is -2.20. The van der Waals surface area contributed by atoms with Crippen LogP contribution in [0.15, 0.2) is 42.5 Å². The summed E-state index contributed by atoms with van der Waals surface area (Å²) in [5.41, 5.74) is 3.28. The summed E-state index contributed by atoms with van der Waals surface area (Å²) >= 11 is 0. The summed E-state index contributed by atoms with van der Waals surface area (Å²) in [4.78, 5) is 2.11. The molecule has 0 bridgehead atoms. The van der Waals surface area contributed by atoms with Crippen LogP contribution in [-0.2, 0) is 0 Å². The Morgan fingerprint density at radius 2 is 1.55 bits per heavy atom. The summed E-state index contributed by atoms with van der Waals surface area (Å²) in [5, 5.41) is 0. The van der Waals surface area contributed by atoms with Crippen molar-refractivity contribution in [2.24, 2.45) is 0 Å². The molecule has 0 amide bonds. The topological polar surface area (TPSA) is 3.24 Å². The normalized spacial score (nSPS) is 21.2. The second kappa shape index (κ2) is 4.98. The molecular weight excluding hydrogens is 256 g/mol. The molecule has 0 radical (unpaired) electrons. The second-order valence-corrected chi connectivity index (χ2v) is 5.59. The van der Waals surface area contributed by atoms with E-state index in [4.69, 9.17) is 0 Å². The van der Waals surface area contributed by atoms with Crippen LogP contribution in [0, 0.1) is 11.6 Å². The van der Waals surface area contributed by atoms with Crippen molar-refractivity contribution in [2.75, 3.05) is 14.1 Å². The van der Waals surface area contributed by atoms with Crippen molar-refractivity contribution in [3.05, 3.63) is 70.8 Å². The van der Waals surface area contributed by atoms with E-state index < -0.39 is 0 Å². The minimum absolute atomic E-state index is 0.199. The molecule has 0 spiro atoms. The van der Waals surface area contributed by atoms with Crippen LogP contribution in [0.2, 0.25) is 0 Å². The molecule has 1 nitrogen and oxygen atoms in total. The Morgan fingerprint density at radius 3 is 2.20 bits per heavy atom. The van der Waals surface area contributed by atoms with Gasteiger partial charge in [0.25, 0.3) is 0 Å². The first-order valence-electron chi connectivity index (χ1n) is 6.77. The lowest BCUT2D eigenvalue weighted by molar-refractivity contribution is 0.293. The quantitative estimate of drug-likeness (QED) is 0.796. The van der Waals surface area contributed by atoms with E-state index in [1.54, 1.807) is 6.07 Å². The summed E-state index contributed by atoms with van der Waals surface area (Å²) in [5.74, 6) is -0.218. The maximum Gasteiger partial charge on any atom is 0.123 e. The largest absolute Gasteiger partial charge is 0.302 e. The van der Waals surface area contributed by atoms with Crippen LogP contribution in [0.4, 0.5) is 8.78 Å². The van der Waals surface area contributed by atoms with Gasteiger partial charge in [-0.25, -0.2) is 8.78 Å². The number of benzene rings is 2. The van der Waals surface area contributed by atoms with Gasteiger partial charge in [-0.3, -0.25) is 0 Å². The third kappa shape index (κ3) is 2.22. The molecule has 2 aromatic carbocycles. The molecule has 2 atom stereocenters. The van der Waals surface area contributed by atoms with Gasteiger partial charge in [0.15, 0.2) is 0 Å². The van der Waals surface area contributed by atoms with Gasteiger partial charge in [0, 0.05) is 12.0 Å². The monoisotopic (exact) mass is 273 g/mol. The highest BCUT2D eigenvalue weighted by molar-refractivity contribution is 5.44. The molecule has 1 aliphatic carbocycles. The third-order valence-corrected chi connectivity index (χ3v) is 4.14. The maximum atomic E-state index is 13.5. The Bertz CT molecular complexity index is 619. The fourth-order valence-corrected chi connectivity index (χ4v) is 3.13. The zero-order valence-electron chi connectivity index (χ0n) is 11.6. The predicted octanol–water partition coefficient (Wildman–Crippen LogP) is 4.10. The number of halogens is 2. The molecule has 1 aliphatic rings. The zero-order chi connectivity index (χ0) is 14.3. The van der Waals surface area contributed by atoms with Crippen molar-refractivity contribution in [3.63, 3.8) is 0 Å². The van der Waals surface area contributed by atoms with Crippen molar-refractivity contribution in [3.8, 4) is 0 Å². The molecule has 0 heterocycles. The first kappa shape index (κ1) is 13.3. The summed E-state index contributed by atoms with van der Waals surface area (Å²) in [6, 6.07) is 11.8. The van der Waals surface area contributed by atoms with E-state index in [1.807, 2.05) is 32.3 Å². The number of hydrogen-bond donors (Lipinski definition) is 0. The Kier molecular flexibility index (Phi) is 3.30. The zero-order valence-corrected chi connectivity index (χ0v) is 11.6. The number of rotatable bonds is 2. The van der Waals surface area contributed by atoms with Gasteiger partial charge >= 0.3 is 0 Å². The Morgan fingerprint density at radius 1 is 0.900 bits per heavy atom. The van der Waals surface area contributed by atoms with Crippen LogP contribution in [0.1, 0.15) is 35.1 Å². The van der Waals surface area contributed by atoms with Crippen molar-refractivity contribution in [2.45, 2.75) is 18.4 Å². The van der Waals surface area contributed by atoms with Gasteiger partial charge in [-0.2, -0.15) is 0 Å². The van der Waals surface area contributed by atoms with Crippen LogP contribution in [0.25, 0.3) is 0 Å². The second-order valence-electron chi connectivity index (χ2n) is 5.59. The van der Waals surface area contributed by atoms with E-state index >= 15 is 0 Å². The summed E-state index contributed by atoms with van der Waals surface area (Å²) < 4.78 is 26.6. The Hall–Kier alpha value is -1.74. The summed E-state index contributed by atoms with van der Waals surface area (Å²) in [6.45, 7) is 0. The van der Waals surface area contributed by atoms with Crippen molar-refractivity contribution < 1.29 is 8.78 Å². The molecule has 0 aromatic heterocycles. The van der Waals surface area contributed by atoms with E-state index in [0.717, 1.165) is 23.1 Å². The molecule has 0 saturated heterocycles. The van der Waals surface area contributed by atoms with Crippen molar-refractivity contribution >= 4 is 0 Å². The van der Waals surface area contributed by atoms with Crippen LogP contribution < -0.4 is 0 Å². The molecule has 0 fully saturated rings. The first-order chi connectivity index (χ1) is 9.56. The molecule has 3 heteroatoms. The SMILES string of the molecule is CN(C)[C@H]1C[C@@H](c2ccc(F)cc2)c2ccc(F)cc21. The third-order valence-electron chi connectivity index (χ3n) is 4.14. The van der Waals surface area contributed by atoms with Gasteiger partial charge in [-0.15, -0.1) is 0 Å². The first-order valence-corrected chi connectivity index (χ1v) is 6.77. The van der Waals surface area contributed by atoms with Crippen molar-refractivity contribution in [1.82, 2.24) is 4.90 Å². The van der Waals surface area contributed by atoms with Gasteiger partial charge in [0.05, 0.1) is 0 Å². The molecule has 104 valence electrons. The molecule has 0 unspecified atom stereocenters. The number of fused-ring (bicyclic) bond motifs is 1. The lowest BCUT2D eigenvalue weighted by atomic mass is 9.93. The molecule has 0 aliphatic heterocycles. The average molecular weight is 273 g/mol. The fourth-order valence-electron chi connectivity index (χ4n) is 3.13. The van der Waals surface area contributed by atoms with E-state index in [9.17, 15) is 8.78 Å². The van der Waals surface area contributed by atoms with Gasteiger partial charge in [0.2, 0.25) is 0 Å². The smallest absolute Gasteiger partial charge is 0.123 e. The summed E-state index contributed by atoms with van der Waals surface area (Å²) in [6.07, 6.45) is 0.900. The molecule has 0 saturated carbocycles. The molecule has 0 N–H and O–H groups in total. The summed E-state index contributed by atoms with van der Waals surface area (Å²) in [7, 11) is 4.01. The molecule has 20 heavy (non-hydrogen) atoms. The molecule has 2 aromatic rings. The fraction of sp³-hybridized carbons (Fsp3) is 0.294. The van der Waals surface area contributed by atoms with Crippen LogP contribution in [0.3, 0.4) is 0 Å². The van der Waals surface area contributed by atoms with Gasteiger partial charge < -0.3 is 4.90 Å². The minimum Gasteiger partial charge on any atom is -0.302 e.